The van der Waals surface area contributed by atoms with E-state index in [0.29, 0.717) is 26.2 Å². The zero-order chi connectivity index (χ0) is 87.0. The lowest BCUT2D eigenvalue weighted by molar-refractivity contribution is -0.146. The van der Waals surface area contributed by atoms with Crippen LogP contribution in [0, 0.1) is 0 Å². The second-order valence-electron chi connectivity index (χ2n) is 33.9. The molecule has 7 saturated heterocycles. The van der Waals surface area contributed by atoms with E-state index in [-0.39, 0.29) is 11.9 Å². The van der Waals surface area contributed by atoms with Crippen LogP contribution in [-0.2, 0) is 75.9 Å². The number of unbranched alkanes of at least 4 members (excludes halogenated alkanes) is 34. The summed E-state index contributed by atoms with van der Waals surface area (Å²) in [6.45, 7) is 58.4. The Morgan fingerprint density at radius 1 is 0.190 bits per heavy atom. The fraction of sp³-hybridized carbons (Fsp3) is 0.980. The Balaban J connectivity index is 0.000000711. The molecule has 7 aliphatic rings. The Morgan fingerprint density at radius 3 is 0.603 bits per heavy atom. The number of hydrogen-bond donors (Lipinski definition) is 0. The maximum absolute atomic E-state index is 11.7. The van der Waals surface area contributed by atoms with Crippen molar-refractivity contribution in [2.75, 3.05) is 309 Å². The zero-order valence-electron chi connectivity index (χ0n) is 80.6. The monoisotopic (exact) mass is 1730 g/mol. The second-order valence-corrected chi connectivity index (χ2v) is 33.9. The number of carbonyl (C=O) groups excluding carboxylic acids is 2. The molecule has 0 aromatic heterocycles. The summed E-state index contributed by atoms with van der Waals surface area (Å²) in [5.41, 5.74) is 0. The normalized spacial score (nSPS) is 17.2. The van der Waals surface area contributed by atoms with Crippen molar-refractivity contribution in [1.82, 2.24) is 34.3 Å². The van der Waals surface area contributed by atoms with Crippen LogP contribution < -0.4 is 0 Å². The third-order valence-corrected chi connectivity index (χ3v) is 22.9. The molecule has 0 unspecified atom stereocenters. The van der Waals surface area contributed by atoms with Gasteiger partial charge in [0, 0.05) is 170 Å². The SMILES string of the molecule is CCCC(=O)OCCN1CCOCC1.CCCCCCCCCCCCOC(=O)CN1CCOCC1.CCCCCCCCCCCCOCCN1CCOCC1.CCCCCCCCCCOCCN1CCOCC1.CCCCCCCCOCCN1CCOCC1.CCCCCCOCCN1CCOCC1.CCCCOCCN1CCOCC1. The lowest BCUT2D eigenvalue weighted by atomic mass is 10.1. The molecule has 7 fully saturated rings. The van der Waals surface area contributed by atoms with Crippen LogP contribution in [-0.4, -0.2) is 355 Å². The van der Waals surface area contributed by atoms with Gasteiger partial charge in [-0.15, -0.1) is 0 Å². The van der Waals surface area contributed by atoms with Gasteiger partial charge in [0.05, 0.1) is 139 Å². The number of ether oxygens (including phenoxy) is 14. The van der Waals surface area contributed by atoms with Crippen molar-refractivity contribution in [3.63, 3.8) is 0 Å². The fourth-order valence-electron chi connectivity index (χ4n) is 14.6. The quantitative estimate of drug-likeness (QED) is 0.0413. The molecule has 722 valence electrons. The van der Waals surface area contributed by atoms with E-state index in [1.165, 1.54) is 250 Å². The second kappa shape index (κ2) is 98.8. The fourth-order valence-corrected chi connectivity index (χ4v) is 14.6. The van der Waals surface area contributed by atoms with E-state index in [0.717, 1.165) is 302 Å². The predicted molar refractivity (Wildman–Crippen MR) is 500 cm³/mol. The number of rotatable bonds is 68. The molecular formula is C98H199N7O16. The first-order valence-electron chi connectivity index (χ1n) is 51.1. The van der Waals surface area contributed by atoms with Gasteiger partial charge in [-0.05, 0) is 44.9 Å². The van der Waals surface area contributed by atoms with Crippen LogP contribution in [0.3, 0.4) is 0 Å². The molecule has 0 atom stereocenters. The van der Waals surface area contributed by atoms with Gasteiger partial charge in [0.15, 0.2) is 0 Å². The highest BCUT2D eigenvalue weighted by Crippen LogP contribution is 2.15. The summed E-state index contributed by atoms with van der Waals surface area (Å²) < 4.78 is 75.5. The van der Waals surface area contributed by atoms with E-state index < -0.39 is 0 Å². The van der Waals surface area contributed by atoms with Gasteiger partial charge in [-0.3, -0.25) is 43.9 Å². The molecule has 0 aromatic rings. The molecule has 0 aromatic carbocycles. The van der Waals surface area contributed by atoms with E-state index >= 15 is 0 Å². The maximum Gasteiger partial charge on any atom is 0.320 e. The van der Waals surface area contributed by atoms with Crippen molar-refractivity contribution in [3.8, 4) is 0 Å². The van der Waals surface area contributed by atoms with Crippen LogP contribution in [0.15, 0.2) is 0 Å². The van der Waals surface area contributed by atoms with Crippen molar-refractivity contribution in [1.29, 1.82) is 0 Å². The topological polar surface area (TPSA) is 186 Å². The van der Waals surface area contributed by atoms with Crippen LogP contribution in [0.4, 0.5) is 0 Å². The number of morpholine rings is 7. The summed E-state index contributed by atoms with van der Waals surface area (Å²) in [6.07, 6.45) is 54.9. The molecule has 121 heavy (non-hydrogen) atoms. The van der Waals surface area contributed by atoms with Crippen LogP contribution in [0.2, 0.25) is 0 Å². The molecule has 23 nitrogen and oxygen atoms in total. The number of carbonyl (C=O) groups is 2. The third-order valence-electron chi connectivity index (χ3n) is 22.9. The highest BCUT2D eigenvalue weighted by Gasteiger charge is 2.18. The molecule has 0 N–H and O–H groups in total. The molecule has 0 amide bonds. The van der Waals surface area contributed by atoms with Crippen LogP contribution >= 0.6 is 0 Å². The molecule has 0 saturated carbocycles. The lowest BCUT2D eigenvalue weighted by Gasteiger charge is -2.26. The first kappa shape index (κ1) is 117. The minimum Gasteiger partial charge on any atom is -0.465 e. The Hall–Kier alpha value is -1.82. The van der Waals surface area contributed by atoms with Crippen molar-refractivity contribution in [2.24, 2.45) is 0 Å². The van der Waals surface area contributed by atoms with E-state index in [2.05, 4.69) is 75.8 Å². The summed E-state index contributed by atoms with van der Waals surface area (Å²) in [4.78, 5) is 39.1. The maximum atomic E-state index is 11.7. The minimum atomic E-state index is -0.0853. The standard InChI is InChI=1S/C18H35NO3.C18H37NO2.C16H33NO2.C14H29NO2.C12H25NO2.C10H19NO3.C10H21NO2/c1-2-3-4-5-6-7-8-9-10-11-14-22-18(20)17-19-12-15-21-16-13-19;1-2-3-4-5-6-7-8-9-10-11-15-20-16-12-19-13-17-21-18-14-19;1-2-3-4-5-6-7-8-9-13-18-14-10-17-11-15-19-16-12-17;1-2-3-4-5-6-7-11-16-12-8-15-9-13-17-14-10-15;1-2-3-4-5-9-14-10-6-13-7-11-15-12-8-13;1-2-3-10(12)14-9-6-11-4-7-13-8-5-11;1-2-3-7-12-8-4-11-5-9-13-10-6-11/h2-17H2,1H3;2-18H2,1H3;2-16H2,1H3;2-14H2,1H3;2-12H2,1H3;2-9H2,1H3;2-10H2,1H3. The van der Waals surface area contributed by atoms with Gasteiger partial charge in [-0.1, -0.05) is 267 Å². The summed E-state index contributed by atoms with van der Waals surface area (Å²) >= 11 is 0. The average Bonchev–Trinajstić information content (AvgIpc) is 0.909. The average molecular weight is 1730 g/mol. The van der Waals surface area contributed by atoms with Gasteiger partial charge in [-0.25, -0.2) is 0 Å². The predicted octanol–water partition coefficient (Wildman–Crippen LogP) is 17.9. The summed E-state index contributed by atoms with van der Waals surface area (Å²) in [5.74, 6) is -0.168. The molecular weight excluding hydrogens is 1530 g/mol. The van der Waals surface area contributed by atoms with Gasteiger partial charge < -0.3 is 66.3 Å². The van der Waals surface area contributed by atoms with E-state index in [1.807, 2.05) is 6.92 Å². The minimum absolute atomic E-state index is 0.0826. The third kappa shape index (κ3) is 87.3. The van der Waals surface area contributed by atoms with Gasteiger partial charge in [0.25, 0.3) is 0 Å². The highest BCUT2D eigenvalue weighted by molar-refractivity contribution is 5.71. The van der Waals surface area contributed by atoms with Crippen molar-refractivity contribution < 1.29 is 75.9 Å². The Bertz CT molecular complexity index is 1980. The van der Waals surface area contributed by atoms with Crippen LogP contribution in [0.1, 0.15) is 318 Å². The van der Waals surface area contributed by atoms with Crippen molar-refractivity contribution in [3.05, 3.63) is 0 Å². The number of nitrogens with zero attached hydrogens (tertiary/aromatic N) is 7. The molecule has 0 radical (unpaired) electrons. The van der Waals surface area contributed by atoms with E-state index in [4.69, 9.17) is 66.3 Å². The van der Waals surface area contributed by atoms with Crippen LogP contribution in [0.5, 0.6) is 0 Å². The molecule has 7 rings (SSSR count). The Kier molecular flexibility index (Phi) is 95.7. The molecule has 0 spiro atoms. The van der Waals surface area contributed by atoms with Crippen molar-refractivity contribution in [2.45, 2.75) is 318 Å². The van der Waals surface area contributed by atoms with E-state index in [9.17, 15) is 9.59 Å². The zero-order valence-corrected chi connectivity index (χ0v) is 80.6. The van der Waals surface area contributed by atoms with Crippen LogP contribution in [0.25, 0.3) is 0 Å². The molecule has 23 heteroatoms. The smallest absolute Gasteiger partial charge is 0.320 e. The van der Waals surface area contributed by atoms with Gasteiger partial charge in [0.1, 0.15) is 6.61 Å². The largest absolute Gasteiger partial charge is 0.465 e. The molecule has 7 aliphatic heterocycles. The summed E-state index contributed by atoms with van der Waals surface area (Å²) in [5, 5.41) is 0. The van der Waals surface area contributed by atoms with E-state index in [1.54, 1.807) is 0 Å². The Labute approximate surface area is 745 Å². The molecule has 0 bridgehead atoms. The first-order chi connectivity index (χ1) is 59.8. The van der Waals surface area contributed by atoms with Gasteiger partial charge in [0.2, 0.25) is 0 Å². The first-order valence-corrected chi connectivity index (χ1v) is 51.1. The molecule has 7 heterocycles. The Morgan fingerprint density at radius 2 is 0.372 bits per heavy atom. The summed E-state index contributed by atoms with van der Waals surface area (Å²) in [6, 6.07) is 0. The number of esters is 2. The summed E-state index contributed by atoms with van der Waals surface area (Å²) in [7, 11) is 0. The highest BCUT2D eigenvalue weighted by atomic mass is 16.5. The van der Waals surface area contributed by atoms with Gasteiger partial charge in [-0.2, -0.15) is 0 Å². The van der Waals surface area contributed by atoms with Crippen molar-refractivity contribution >= 4 is 11.9 Å². The number of hydrogen-bond acceptors (Lipinski definition) is 23. The molecule has 0 aliphatic carbocycles. The van der Waals surface area contributed by atoms with Gasteiger partial charge >= 0.3 is 11.9 Å². The lowest BCUT2D eigenvalue weighted by Crippen LogP contribution is -2.40.